The highest BCUT2D eigenvalue weighted by Gasteiger charge is 2.53. The van der Waals surface area contributed by atoms with E-state index >= 15 is 0 Å². The Kier molecular flexibility index (Phi) is 4.50. The summed E-state index contributed by atoms with van der Waals surface area (Å²) in [6.07, 6.45) is 3.62. The number of nitrogens with two attached hydrogens (primary N) is 1. The Balaban J connectivity index is 1.45. The molecule has 4 nitrogen and oxygen atoms in total. The van der Waals surface area contributed by atoms with Gasteiger partial charge in [0.25, 0.3) is 0 Å². The molecule has 1 aliphatic heterocycles. The summed E-state index contributed by atoms with van der Waals surface area (Å²) in [6, 6.07) is 19.5. The molecule has 27 heavy (non-hydrogen) atoms. The lowest BCUT2D eigenvalue weighted by Crippen LogP contribution is -2.49. The summed E-state index contributed by atoms with van der Waals surface area (Å²) in [5.74, 6) is 1.26. The normalized spacial score (nSPS) is 27.4. The van der Waals surface area contributed by atoms with Crippen LogP contribution in [0.2, 0.25) is 0 Å². The van der Waals surface area contributed by atoms with E-state index in [0.717, 1.165) is 19.3 Å². The van der Waals surface area contributed by atoms with E-state index in [0.29, 0.717) is 24.2 Å². The summed E-state index contributed by atoms with van der Waals surface area (Å²) in [6.45, 7) is 2.08. The molecule has 2 aromatic carbocycles. The van der Waals surface area contributed by atoms with Gasteiger partial charge in [-0.3, -0.25) is 9.69 Å². The number of benzene rings is 2. The number of hydrogen-bond donors (Lipinski definition) is 1. The molecular formula is C23H27N3O. The molecule has 0 bridgehead atoms. The lowest BCUT2D eigenvalue weighted by atomic mass is 9.88. The third kappa shape index (κ3) is 3.61. The minimum absolute atomic E-state index is 0.0623. The van der Waals surface area contributed by atoms with Crippen LogP contribution in [-0.4, -0.2) is 29.4 Å². The quantitative estimate of drug-likeness (QED) is 0.886. The summed E-state index contributed by atoms with van der Waals surface area (Å²) in [5, 5.41) is 0. The number of amides is 1. The van der Waals surface area contributed by atoms with Crippen LogP contribution in [0.4, 0.5) is 0 Å². The van der Waals surface area contributed by atoms with Crippen molar-refractivity contribution < 1.29 is 4.79 Å². The molecule has 1 aliphatic carbocycles. The second kappa shape index (κ2) is 6.84. The highest BCUT2D eigenvalue weighted by Crippen LogP contribution is 2.56. The van der Waals surface area contributed by atoms with Crippen LogP contribution in [0.5, 0.6) is 0 Å². The molecule has 1 saturated carbocycles. The van der Waals surface area contributed by atoms with Gasteiger partial charge in [0.05, 0.1) is 12.0 Å². The molecule has 2 aromatic rings. The molecule has 0 aromatic heterocycles. The molecule has 0 spiro atoms. The van der Waals surface area contributed by atoms with Crippen LogP contribution in [0.25, 0.3) is 0 Å². The van der Waals surface area contributed by atoms with Crippen LogP contribution in [-0.2, 0) is 17.6 Å². The van der Waals surface area contributed by atoms with Crippen LogP contribution in [0.3, 0.4) is 0 Å². The standard InChI is InChI=1S/C23H27N3O/c1-23(15-21(27)26(2)22(24)25-23)20-14-19(20)18-10-6-9-17(13-18)12-11-16-7-4-3-5-8-16/h3-10,13,19-20H,11-12,14-15H2,1-2H3,(H2,24,25)/t19-,20+,23-/m0/s1. The van der Waals surface area contributed by atoms with Crippen LogP contribution < -0.4 is 5.73 Å². The number of guanidine groups is 1. The van der Waals surface area contributed by atoms with Crippen molar-refractivity contribution in [1.82, 2.24) is 4.90 Å². The van der Waals surface area contributed by atoms with Gasteiger partial charge in [-0.25, -0.2) is 4.99 Å². The lowest BCUT2D eigenvalue weighted by Gasteiger charge is -2.33. The van der Waals surface area contributed by atoms with Gasteiger partial charge in [-0.1, -0.05) is 54.6 Å². The Hall–Kier alpha value is -2.62. The van der Waals surface area contributed by atoms with Crippen LogP contribution in [0.15, 0.2) is 59.6 Å². The molecular weight excluding hydrogens is 334 g/mol. The van der Waals surface area contributed by atoms with Crippen LogP contribution in [0.1, 0.15) is 42.4 Å². The second-order valence-corrected chi connectivity index (χ2v) is 8.14. The van der Waals surface area contributed by atoms with Gasteiger partial charge in [0.15, 0.2) is 5.96 Å². The van der Waals surface area contributed by atoms with E-state index in [4.69, 9.17) is 5.73 Å². The highest BCUT2D eigenvalue weighted by atomic mass is 16.2. The third-order valence-corrected chi connectivity index (χ3v) is 6.11. The van der Waals surface area contributed by atoms with Gasteiger partial charge in [0, 0.05) is 7.05 Å². The number of aryl methyl sites for hydroxylation is 2. The number of aliphatic imine (C=N–C) groups is 1. The number of rotatable bonds is 5. The Morgan fingerprint density at radius 1 is 1.11 bits per heavy atom. The van der Waals surface area contributed by atoms with Crippen LogP contribution in [0, 0.1) is 5.92 Å². The SMILES string of the molecule is CN1C(=O)C[C@@](C)([C@@H]2C[C@H]2c2cccc(CCc3ccccc3)c2)N=C1N. The van der Waals surface area contributed by atoms with E-state index in [-0.39, 0.29) is 11.4 Å². The van der Waals surface area contributed by atoms with Crippen molar-refractivity contribution in [2.75, 3.05) is 7.05 Å². The predicted octanol–water partition coefficient (Wildman–Crippen LogP) is 3.51. The summed E-state index contributed by atoms with van der Waals surface area (Å²) in [7, 11) is 1.70. The Bertz CT molecular complexity index is 876. The van der Waals surface area contributed by atoms with E-state index < -0.39 is 0 Å². The smallest absolute Gasteiger partial charge is 0.231 e. The second-order valence-electron chi connectivity index (χ2n) is 8.14. The number of hydrogen-bond acceptors (Lipinski definition) is 3. The van der Waals surface area contributed by atoms with Gasteiger partial charge in [0.1, 0.15) is 0 Å². The zero-order valence-electron chi connectivity index (χ0n) is 16.1. The number of carbonyl (C=O) groups is 1. The Labute approximate surface area is 161 Å². The third-order valence-electron chi connectivity index (χ3n) is 6.11. The summed E-state index contributed by atoms with van der Waals surface area (Å²) < 4.78 is 0. The van der Waals surface area contributed by atoms with Gasteiger partial charge < -0.3 is 5.73 Å². The number of nitrogens with zero attached hydrogens (tertiary/aromatic N) is 2. The van der Waals surface area contributed by atoms with Gasteiger partial charge in [-0.05, 0) is 54.7 Å². The molecule has 2 aliphatic rings. The Morgan fingerprint density at radius 2 is 1.81 bits per heavy atom. The molecule has 140 valence electrons. The van der Waals surface area contributed by atoms with Gasteiger partial charge >= 0.3 is 0 Å². The van der Waals surface area contributed by atoms with E-state index in [9.17, 15) is 4.79 Å². The average molecular weight is 361 g/mol. The molecule has 0 unspecified atom stereocenters. The summed E-state index contributed by atoms with van der Waals surface area (Å²) in [4.78, 5) is 18.4. The van der Waals surface area contributed by atoms with Crippen molar-refractivity contribution in [3.05, 3.63) is 71.3 Å². The molecule has 1 amide bonds. The Morgan fingerprint density at radius 3 is 2.56 bits per heavy atom. The van der Waals surface area contributed by atoms with Crippen molar-refractivity contribution in [3.63, 3.8) is 0 Å². The first-order chi connectivity index (χ1) is 13.0. The van der Waals surface area contributed by atoms with Gasteiger partial charge in [-0.2, -0.15) is 0 Å². The maximum atomic E-state index is 12.2. The lowest BCUT2D eigenvalue weighted by molar-refractivity contribution is -0.128. The minimum Gasteiger partial charge on any atom is -0.369 e. The molecule has 1 heterocycles. The fourth-order valence-corrected chi connectivity index (χ4v) is 4.31. The van der Waals surface area contributed by atoms with E-state index in [2.05, 4.69) is 66.5 Å². The van der Waals surface area contributed by atoms with Crippen LogP contribution >= 0.6 is 0 Å². The predicted molar refractivity (Wildman–Crippen MR) is 109 cm³/mol. The molecule has 4 heteroatoms. The van der Waals surface area contributed by atoms with Crippen molar-refractivity contribution in [2.24, 2.45) is 16.6 Å². The van der Waals surface area contributed by atoms with E-state index in [1.54, 1.807) is 7.05 Å². The largest absolute Gasteiger partial charge is 0.369 e. The van der Waals surface area contributed by atoms with E-state index in [1.807, 2.05) is 0 Å². The maximum absolute atomic E-state index is 12.2. The molecule has 4 rings (SSSR count). The highest BCUT2D eigenvalue weighted by molar-refractivity contribution is 5.98. The molecule has 2 N–H and O–H groups in total. The first kappa shape index (κ1) is 17.8. The van der Waals surface area contributed by atoms with Crippen molar-refractivity contribution in [3.8, 4) is 0 Å². The zero-order valence-corrected chi connectivity index (χ0v) is 16.1. The topological polar surface area (TPSA) is 58.7 Å². The molecule has 3 atom stereocenters. The fourth-order valence-electron chi connectivity index (χ4n) is 4.31. The van der Waals surface area contributed by atoms with E-state index in [1.165, 1.54) is 21.6 Å². The van der Waals surface area contributed by atoms with Gasteiger partial charge in [-0.15, -0.1) is 0 Å². The van der Waals surface area contributed by atoms with Crippen molar-refractivity contribution in [2.45, 2.75) is 44.1 Å². The summed E-state index contributed by atoms with van der Waals surface area (Å²) in [5.41, 5.74) is 9.70. The first-order valence-electron chi connectivity index (χ1n) is 9.71. The first-order valence-corrected chi connectivity index (χ1v) is 9.71. The maximum Gasteiger partial charge on any atom is 0.231 e. The summed E-state index contributed by atoms with van der Waals surface area (Å²) >= 11 is 0. The molecule has 0 radical (unpaired) electrons. The molecule has 1 fully saturated rings. The average Bonchev–Trinajstić information content (AvgIpc) is 3.47. The molecule has 0 saturated heterocycles. The zero-order chi connectivity index (χ0) is 19.0. The van der Waals surface area contributed by atoms with Gasteiger partial charge in [0.2, 0.25) is 5.91 Å². The number of carbonyl (C=O) groups excluding carboxylic acids is 1. The van der Waals surface area contributed by atoms with Crippen molar-refractivity contribution >= 4 is 11.9 Å². The fraction of sp³-hybridized carbons (Fsp3) is 0.391. The minimum atomic E-state index is -0.377. The van der Waals surface area contributed by atoms with Crippen molar-refractivity contribution in [1.29, 1.82) is 0 Å². The monoisotopic (exact) mass is 361 g/mol.